The van der Waals surface area contributed by atoms with Gasteiger partial charge in [-0.3, -0.25) is 4.79 Å². The third-order valence-corrected chi connectivity index (χ3v) is 6.74. The molecular formula is C24H25F3N4O4. The summed E-state index contributed by atoms with van der Waals surface area (Å²) < 4.78 is 58.7. The summed E-state index contributed by atoms with van der Waals surface area (Å²) in [7, 11) is 3.10. The van der Waals surface area contributed by atoms with Crippen LogP contribution in [0.15, 0.2) is 41.0 Å². The van der Waals surface area contributed by atoms with Crippen molar-refractivity contribution in [1.29, 1.82) is 0 Å². The number of benzene rings is 1. The summed E-state index contributed by atoms with van der Waals surface area (Å²) in [5, 5.41) is 7.15. The lowest BCUT2D eigenvalue weighted by Gasteiger charge is -2.35. The third kappa shape index (κ3) is 3.98. The van der Waals surface area contributed by atoms with Crippen LogP contribution in [0.5, 0.6) is 11.5 Å². The van der Waals surface area contributed by atoms with Gasteiger partial charge in [-0.1, -0.05) is 0 Å². The fraction of sp³-hybridized carbons (Fsp3) is 0.417. The molecule has 0 spiro atoms. The highest BCUT2D eigenvalue weighted by molar-refractivity contribution is 5.93. The molecule has 1 aromatic carbocycles. The van der Waals surface area contributed by atoms with Crippen molar-refractivity contribution >= 4 is 11.7 Å². The molecule has 1 amide bonds. The monoisotopic (exact) mass is 490 g/mol. The number of carbonyl (C=O) groups is 1. The number of nitrogens with one attached hydrogen (secondary N) is 1. The maximum atomic E-state index is 13.9. The van der Waals surface area contributed by atoms with Crippen LogP contribution in [-0.4, -0.2) is 47.5 Å². The number of hydrogen-bond acceptors (Lipinski definition) is 6. The van der Waals surface area contributed by atoms with Gasteiger partial charge in [-0.2, -0.15) is 18.3 Å². The van der Waals surface area contributed by atoms with Crippen molar-refractivity contribution < 1.29 is 31.9 Å². The van der Waals surface area contributed by atoms with E-state index in [-0.39, 0.29) is 24.0 Å². The van der Waals surface area contributed by atoms with Crippen LogP contribution >= 0.6 is 0 Å². The quantitative estimate of drug-likeness (QED) is 0.560. The number of alkyl halides is 3. The molecule has 1 N–H and O–H groups in total. The number of rotatable bonds is 4. The number of fused-ring (bicyclic) bond motifs is 2. The Morgan fingerprint density at radius 2 is 1.94 bits per heavy atom. The van der Waals surface area contributed by atoms with Crippen LogP contribution in [0.25, 0.3) is 0 Å². The van der Waals surface area contributed by atoms with Gasteiger partial charge in [0.15, 0.2) is 23.2 Å². The minimum atomic E-state index is -4.54. The summed E-state index contributed by atoms with van der Waals surface area (Å²) in [4.78, 5) is 15.1. The fourth-order valence-corrected chi connectivity index (χ4v) is 4.92. The highest BCUT2D eigenvalue weighted by atomic mass is 19.4. The second-order valence-corrected chi connectivity index (χ2v) is 8.70. The van der Waals surface area contributed by atoms with E-state index in [0.29, 0.717) is 30.2 Å². The fourth-order valence-electron chi connectivity index (χ4n) is 4.92. The predicted molar refractivity (Wildman–Crippen MR) is 120 cm³/mol. The van der Waals surface area contributed by atoms with Crippen molar-refractivity contribution in [1.82, 2.24) is 14.7 Å². The van der Waals surface area contributed by atoms with Gasteiger partial charge in [0.25, 0.3) is 5.91 Å². The largest absolute Gasteiger partial charge is 0.493 e. The van der Waals surface area contributed by atoms with E-state index >= 15 is 0 Å². The Bertz CT molecular complexity index is 1240. The highest BCUT2D eigenvalue weighted by Crippen LogP contribution is 2.44. The van der Waals surface area contributed by atoms with E-state index in [1.54, 1.807) is 24.1 Å². The highest BCUT2D eigenvalue weighted by Gasteiger charge is 2.47. The van der Waals surface area contributed by atoms with Crippen molar-refractivity contribution in [2.45, 2.75) is 44.1 Å². The van der Waals surface area contributed by atoms with Crippen molar-refractivity contribution in [2.75, 3.05) is 26.1 Å². The maximum Gasteiger partial charge on any atom is 0.410 e. The Balaban J connectivity index is 1.46. The van der Waals surface area contributed by atoms with Crippen LogP contribution in [0, 0.1) is 0 Å². The molecule has 0 aliphatic carbocycles. The number of nitrogens with zero attached hydrogens (tertiary/aromatic N) is 3. The van der Waals surface area contributed by atoms with Crippen molar-refractivity contribution in [3.63, 3.8) is 0 Å². The Kier molecular flexibility index (Phi) is 5.65. The van der Waals surface area contributed by atoms with E-state index in [4.69, 9.17) is 13.9 Å². The summed E-state index contributed by atoms with van der Waals surface area (Å²) >= 11 is 0. The van der Waals surface area contributed by atoms with Crippen LogP contribution < -0.4 is 14.8 Å². The molecule has 186 valence electrons. The summed E-state index contributed by atoms with van der Waals surface area (Å²) in [6.45, 7) is 2.28. The summed E-state index contributed by atoms with van der Waals surface area (Å²) in [5.41, 5.74) is 1.89. The van der Waals surface area contributed by atoms with E-state index in [9.17, 15) is 18.0 Å². The van der Waals surface area contributed by atoms with E-state index in [0.717, 1.165) is 15.8 Å². The standard InChI is InChI=1S/C24H25F3N4O4/c1-13-15-10-20(34-3)19(33-2)9-14(15)6-7-30(13)23(32)17-12-22-28-16(18-5-4-8-35-18)11-21(24(25,26)27)31(22)29-17/h4-5,8-10,12-13,16,21,28H,6-7,11H2,1-3H3/t13-,16-,21-/m1/s1. The molecule has 3 aromatic rings. The second-order valence-electron chi connectivity index (χ2n) is 8.70. The molecule has 0 saturated carbocycles. The number of aromatic nitrogens is 2. The smallest absolute Gasteiger partial charge is 0.410 e. The van der Waals surface area contributed by atoms with Crippen LogP contribution in [0.2, 0.25) is 0 Å². The number of ether oxygens (including phenoxy) is 2. The molecule has 11 heteroatoms. The Morgan fingerprint density at radius 1 is 1.20 bits per heavy atom. The zero-order chi connectivity index (χ0) is 24.9. The lowest BCUT2D eigenvalue weighted by atomic mass is 9.92. The number of carbonyl (C=O) groups excluding carboxylic acids is 1. The van der Waals surface area contributed by atoms with Crippen LogP contribution in [0.1, 0.15) is 58.8 Å². The molecule has 0 saturated heterocycles. The molecule has 35 heavy (non-hydrogen) atoms. The minimum Gasteiger partial charge on any atom is -0.493 e. The van der Waals surface area contributed by atoms with Gasteiger partial charge in [0.1, 0.15) is 11.6 Å². The molecule has 5 rings (SSSR count). The topological polar surface area (TPSA) is 81.8 Å². The zero-order valence-corrected chi connectivity index (χ0v) is 19.4. The first kappa shape index (κ1) is 23.1. The Labute approximate surface area is 199 Å². The minimum absolute atomic E-state index is 0.0439. The van der Waals surface area contributed by atoms with Crippen molar-refractivity contribution in [3.05, 3.63) is 59.2 Å². The molecule has 8 nitrogen and oxygen atoms in total. The van der Waals surface area contributed by atoms with Crippen LogP contribution in [0.3, 0.4) is 0 Å². The average Bonchev–Trinajstić information content (AvgIpc) is 3.52. The van der Waals surface area contributed by atoms with Gasteiger partial charge in [-0.15, -0.1) is 0 Å². The van der Waals surface area contributed by atoms with E-state index in [1.165, 1.54) is 19.4 Å². The van der Waals surface area contributed by atoms with E-state index < -0.39 is 24.2 Å². The molecule has 0 radical (unpaired) electrons. The first-order valence-corrected chi connectivity index (χ1v) is 11.2. The molecule has 2 aliphatic rings. The van der Waals surface area contributed by atoms with Gasteiger partial charge >= 0.3 is 6.18 Å². The lowest BCUT2D eigenvalue weighted by Crippen LogP contribution is -2.39. The molecule has 0 unspecified atom stereocenters. The molecule has 0 bridgehead atoms. The van der Waals surface area contributed by atoms with Gasteiger partial charge in [-0.05, 0) is 48.7 Å². The molecule has 0 fully saturated rings. The molecular weight excluding hydrogens is 465 g/mol. The van der Waals surface area contributed by atoms with E-state index in [2.05, 4.69) is 10.4 Å². The number of anilines is 1. The van der Waals surface area contributed by atoms with Crippen LogP contribution in [0.4, 0.5) is 19.0 Å². The maximum absolute atomic E-state index is 13.9. The van der Waals surface area contributed by atoms with E-state index in [1.807, 2.05) is 19.1 Å². The Morgan fingerprint density at radius 3 is 2.60 bits per heavy atom. The summed E-state index contributed by atoms with van der Waals surface area (Å²) in [6, 6.07) is 5.47. The normalized spacial score (nSPS) is 21.7. The first-order valence-electron chi connectivity index (χ1n) is 11.2. The first-order chi connectivity index (χ1) is 16.7. The number of amides is 1. The second kappa shape index (κ2) is 8.54. The van der Waals surface area contributed by atoms with Gasteiger partial charge < -0.3 is 24.1 Å². The number of hydrogen-bond donors (Lipinski definition) is 1. The predicted octanol–water partition coefficient (Wildman–Crippen LogP) is 4.91. The summed E-state index contributed by atoms with van der Waals surface area (Å²) in [5.74, 6) is 1.24. The van der Waals surface area contributed by atoms with Gasteiger partial charge in [-0.25, -0.2) is 4.68 Å². The third-order valence-electron chi connectivity index (χ3n) is 6.74. The molecule has 2 aliphatic heterocycles. The molecule has 3 atom stereocenters. The van der Waals surface area contributed by atoms with Crippen molar-refractivity contribution in [3.8, 4) is 11.5 Å². The average molecular weight is 490 g/mol. The van der Waals surface area contributed by atoms with Gasteiger partial charge in [0.05, 0.1) is 32.6 Å². The summed E-state index contributed by atoms with van der Waals surface area (Å²) in [6.07, 6.45) is -2.85. The SMILES string of the molecule is COc1cc2c(cc1OC)[C@@H](C)N(C(=O)c1cc3n(n1)[C@@H](C(F)(F)F)C[C@H](c1ccco1)N3)CC2. The zero-order valence-electron chi connectivity index (χ0n) is 19.4. The number of methoxy groups -OCH3 is 2. The number of furan rings is 1. The van der Waals surface area contributed by atoms with Crippen LogP contribution in [-0.2, 0) is 6.42 Å². The molecule has 2 aromatic heterocycles. The van der Waals surface area contributed by atoms with Crippen molar-refractivity contribution in [2.24, 2.45) is 0 Å². The van der Waals surface area contributed by atoms with Gasteiger partial charge in [0, 0.05) is 19.0 Å². The van der Waals surface area contributed by atoms with Gasteiger partial charge in [0.2, 0.25) is 0 Å². The Hall–Kier alpha value is -3.63. The lowest BCUT2D eigenvalue weighted by molar-refractivity contribution is -0.174. The molecule has 4 heterocycles. The number of halogens is 3.